The number of halogens is 1. The van der Waals surface area contributed by atoms with Crippen molar-refractivity contribution in [2.24, 2.45) is 0 Å². The molecule has 0 saturated heterocycles. The third-order valence-electron chi connectivity index (χ3n) is 2.79. The third kappa shape index (κ3) is 3.39. The molecule has 2 rings (SSSR count). The Morgan fingerprint density at radius 1 is 1.06 bits per heavy atom. The SMILES string of the molecule is Cc1ccc([NH2+]C(=O)c2ccncc2)cc1C.[Cl-]. The van der Waals surface area contributed by atoms with E-state index >= 15 is 0 Å². The van der Waals surface area contributed by atoms with Crippen molar-refractivity contribution in [1.29, 1.82) is 0 Å². The quantitative estimate of drug-likeness (QED) is 0.687. The molecule has 0 atom stereocenters. The molecule has 0 spiro atoms. The number of nitrogens with zero attached hydrogens (tertiary/aromatic N) is 1. The number of nitrogens with two attached hydrogens (primary N) is 1. The molecular weight excluding hydrogens is 248 g/mol. The Hall–Kier alpha value is -1.71. The van der Waals surface area contributed by atoms with E-state index in [0.717, 1.165) is 5.69 Å². The zero-order valence-corrected chi connectivity index (χ0v) is 11.1. The summed E-state index contributed by atoms with van der Waals surface area (Å²) in [6, 6.07) is 9.45. The number of hydrogen-bond donors (Lipinski definition) is 1. The van der Waals surface area contributed by atoms with E-state index in [4.69, 9.17) is 0 Å². The number of hydrogen-bond acceptors (Lipinski definition) is 2. The van der Waals surface area contributed by atoms with Crippen molar-refractivity contribution in [1.82, 2.24) is 4.98 Å². The van der Waals surface area contributed by atoms with Gasteiger partial charge in [-0.3, -0.25) is 4.98 Å². The first-order chi connectivity index (χ1) is 8.16. The number of quaternary nitrogens is 1. The average molecular weight is 263 g/mol. The van der Waals surface area contributed by atoms with Crippen LogP contribution in [0, 0.1) is 13.8 Å². The van der Waals surface area contributed by atoms with Gasteiger partial charge in [-0.2, -0.15) is 0 Å². The Morgan fingerprint density at radius 2 is 1.72 bits per heavy atom. The van der Waals surface area contributed by atoms with Gasteiger partial charge >= 0.3 is 5.91 Å². The summed E-state index contributed by atoms with van der Waals surface area (Å²) < 4.78 is 0. The summed E-state index contributed by atoms with van der Waals surface area (Å²) in [4.78, 5) is 15.8. The minimum absolute atomic E-state index is 0. The summed E-state index contributed by atoms with van der Waals surface area (Å²) in [7, 11) is 0. The molecule has 1 heterocycles. The lowest BCUT2D eigenvalue weighted by Gasteiger charge is -2.02. The lowest BCUT2D eigenvalue weighted by molar-refractivity contribution is -0.464. The van der Waals surface area contributed by atoms with E-state index in [1.54, 1.807) is 29.8 Å². The predicted molar refractivity (Wildman–Crippen MR) is 66.1 cm³/mol. The van der Waals surface area contributed by atoms with Crippen molar-refractivity contribution in [3.05, 3.63) is 59.4 Å². The average Bonchev–Trinajstić information content (AvgIpc) is 2.35. The summed E-state index contributed by atoms with van der Waals surface area (Å²) in [5.74, 6) is 0.00986. The van der Waals surface area contributed by atoms with Gasteiger partial charge in [-0.25, -0.2) is 10.1 Å². The molecule has 3 nitrogen and oxygen atoms in total. The monoisotopic (exact) mass is 262 g/mol. The fourth-order valence-corrected chi connectivity index (χ4v) is 1.61. The standard InChI is InChI=1S/C14H14N2O.ClH/c1-10-3-4-13(9-11(10)2)16-14(17)12-5-7-15-8-6-12;/h3-9H,1-2H3,(H,16,17);1H. The fourth-order valence-electron chi connectivity index (χ4n) is 1.61. The van der Waals surface area contributed by atoms with E-state index in [-0.39, 0.29) is 18.3 Å². The van der Waals surface area contributed by atoms with Crippen LogP contribution in [0.15, 0.2) is 42.7 Å². The van der Waals surface area contributed by atoms with Crippen LogP contribution in [-0.2, 0) is 0 Å². The normalized spacial score (nSPS) is 9.67. The summed E-state index contributed by atoms with van der Waals surface area (Å²) in [6.45, 7) is 4.10. The van der Waals surface area contributed by atoms with Crippen LogP contribution >= 0.6 is 0 Å². The van der Waals surface area contributed by atoms with Crippen LogP contribution in [0.5, 0.6) is 0 Å². The van der Waals surface area contributed by atoms with Gasteiger partial charge in [-0.1, -0.05) is 6.07 Å². The fraction of sp³-hybridized carbons (Fsp3) is 0.143. The van der Waals surface area contributed by atoms with Gasteiger partial charge in [0.2, 0.25) is 0 Å². The van der Waals surface area contributed by atoms with Gasteiger partial charge in [-0.05, 0) is 43.2 Å². The lowest BCUT2D eigenvalue weighted by Crippen LogP contribution is -3.00. The number of rotatable bonds is 2. The Morgan fingerprint density at radius 3 is 2.33 bits per heavy atom. The van der Waals surface area contributed by atoms with Crippen LogP contribution in [-0.4, -0.2) is 10.9 Å². The summed E-state index contributed by atoms with van der Waals surface area (Å²) in [5.41, 5.74) is 4.04. The molecule has 0 aliphatic heterocycles. The Kier molecular flexibility index (Phi) is 5.01. The topological polar surface area (TPSA) is 46.6 Å². The molecule has 4 heteroatoms. The first kappa shape index (κ1) is 14.4. The van der Waals surface area contributed by atoms with Crippen LogP contribution in [0.2, 0.25) is 0 Å². The van der Waals surface area contributed by atoms with Crippen molar-refractivity contribution in [3.8, 4) is 0 Å². The highest BCUT2D eigenvalue weighted by Crippen LogP contribution is 2.10. The van der Waals surface area contributed by atoms with E-state index in [1.165, 1.54) is 11.1 Å². The Bertz CT molecular complexity index is 541. The maximum absolute atomic E-state index is 11.9. The number of amides is 1. The number of primary amides is 1. The first-order valence-electron chi connectivity index (χ1n) is 5.53. The minimum atomic E-state index is 0. The molecule has 0 aliphatic rings. The van der Waals surface area contributed by atoms with Crippen LogP contribution in [0.1, 0.15) is 21.5 Å². The molecule has 2 N–H and O–H groups in total. The van der Waals surface area contributed by atoms with Gasteiger partial charge in [-0.15, -0.1) is 0 Å². The lowest BCUT2D eigenvalue weighted by atomic mass is 10.1. The molecule has 0 bridgehead atoms. The van der Waals surface area contributed by atoms with E-state index in [2.05, 4.69) is 11.9 Å². The van der Waals surface area contributed by atoms with Gasteiger partial charge < -0.3 is 12.4 Å². The van der Waals surface area contributed by atoms with Gasteiger partial charge in [0.05, 0.1) is 5.56 Å². The zero-order chi connectivity index (χ0) is 12.3. The van der Waals surface area contributed by atoms with Crippen molar-refractivity contribution in [3.63, 3.8) is 0 Å². The highest BCUT2D eigenvalue weighted by Gasteiger charge is 2.11. The number of pyridine rings is 1. The molecule has 0 fully saturated rings. The highest BCUT2D eigenvalue weighted by molar-refractivity contribution is 5.87. The number of benzene rings is 1. The Labute approximate surface area is 113 Å². The molecule has 1 amide bonds. The second-order valence-electron chi connectivity index (χ2n) is 4.09. The van der Waals surface area contributed by atoms with Crippen LogP contribution in [0.4, 0.5) is 5.69 Å². The Balaban J connectivity index is 0.00000162. The van der Waals surface area contributed by atoms with Crippen molar-refractivity contribution < 1.29 is 22.5 Å². The number of aryl methyl sites for hydroxylation is 2. The van der Waals surface area contributed by atoms with E-state index in [1.807, 2.05) is 25.1 Å². The molecule has 0 unspecified atom stereocenters. The highest BCUT2D eigenvalue weighted by atomic mass is 35.5. The summed E-state index contributed by atoms with van der Waals surface area (Å²) in [6.07, 6.45) is 3.25. The number of carbonyl (C=O) groups is 1. The van der Waals surface area contributed by atoms with E-state index in [9.17, 15) is 4.79 Å². The van der Waals surface area contributed by atoms with Gasteiger partial charge in [0, 0.05) is 18.5 Å². The summed E-state index contributed by atoms with van der Waals surface area (Å²) >= 11 is 0. The number of carbonyl (C=O) groups excluding carboxylic acids is 1. The molecule has 0 saturated carbocycles. The predicted octanol–water partition coefficient (Wildman–Crippen LogP) is -1.26. The minimum Gasteiger partial charge on any atom is -1.00 e. The largest absolute Gasteiger partial charge is 1.00 e. The number of aromatic nitrogens is 1. The molecule has 0 radical (unpaired) electrons. The van der Waals surface area contributed by atoms with E-state index in [0.29, 0.717) is 5.56 Å². The van der Waals surface area contributed by atoms with Crippen molar-refractivity contribution in [2.45, 2.75) is 13.8 Å². The molecule has 18 heavy (non-hydrogen) atoms. The maximum Gasteiger partial charge on any atom is 0.347 e. The second kappa shape index (κ2) is 6.28. The van der Waals surface area contributed by atoms with Crippen molar-refractivity contribution in [2.75, 3.05) is 0 Å². The second-order valence-corrected chi connectivity index (χ2v) is 4.09. The molecule has 0 aliphatic carbocycles. The zero-order valence-electron chi connectivity index (χ0n) is 10.4. The molecule has 2 aromatic rings. The van der Waals surface area contributed by atoms with Gasteiger partial charge in [0.1, 0.15) is 5.69 Å². The molecular formula is C14H15ClN2O. The van der Waals surface area contributed by atoms with Crippen LogP contribution < -0.4 is 17.7 Å². The smallest absolute Gasteiger partial charge is 0.347 e. The molecule has 94 valence electrons. The summed E-state index contributed by atoms with van der Waals surface area (Å²) in [5, 5.41) is 1.65. The van der Waals surface area contributed by atoms with Crippen LogP contribution in [0.25, 0.3) is 0 Å². The molecule has 1 aromatic heterocycles. The molecule has 1 aromatic carbocycles. The maximum atomic E-state index is 11.9. The first-order valence-corrected chi connectivity index (χ1v) is 5.53. The van der Waals surface area contributed by atoms with Crippen LogP contribution in [0.3, 0.4) is 0 Å². The third-order valence-corrected chi connectivity index (χ3v) is 2.79. The van der Waals surface area contributed by atoms with Gasteiger partial charge in [0.25, 0.3) is 0 Å². The van der Waals surface area contributed by atoms with Gasteiger partial charge in [0.15, 0.2) is 0 Å². The van der Waals surface area contributed by atoms with E-state index < -0.39 is 0 Å². The van der Waals surface area contributed by atoms with Crippen molar-refractivity contribution >= 4 is 11.6 Å².